The van der Waals surface area contributed by atoms with E-state index in [0.29, 0.717) is 5.75 Å². The summed E-state index contributed by atoms with van der Waals surface area (Å²) >= 11 is 0. The van der Waals surface area contributed by atoms with E-state index in [1.165, 1.54) is 27.8 Å². The van der Waals surface area contributed by atoms with Crippen molar-refractivity contribution in [3.63, 3.8) is 0 Å². The molecule has 0 radical (unpaired) electrons. The van der Waals surface area contributed by atoms with Crippen LogP contribution >= 0.6 is 0 Å². The van der Waals surface area contributed by atoms with Crippen LogP contribution in [0.1, 0.15) is 11.1 Å². The van der Waals surface area contributed by atoms with Gasteiger partial charge >= 0.3 is 0 Å². The molecule has 0 saturated heterocycles. The summed E-state index contributed by atoms with van der Waals surface area (Å²) in [5, 5.41) is 9.79. The third kappa shape index (κ3) is 1.88. The van der Waals surface area contributed by atoms with Gasteiger partial charge in [0.15, 0.2) is 11.5 Å². The van der Waals surface area contributed by atoms with Crippen LogP contribution in [-0.4, -0.2) is 12.2 Å². The van der Waals surface area contributed by atoms with Gasteiger partial charge in [0.2, 0.25) is 0 Å². The molecule has 2 nitrogen and oxygen atoms in total. The Labute approximate surface area is 129 Å². The van der Waals surface area contributed by atoms with E-state index in [-0.39, 0.29) is 5.75 Å². The predicted molar refractivity (Wildman–Crippen MR) is 88.3 cm³/mol. The molecule has 0 spiro atoms. The number of phenolic OH excluding ortho intramolecular Hbond substituents is 1. The predicted octanol–water partition coefficient (Wildman–Crippen LogP) is 4.64. The summed E-state index contributed by atoms with van der Waals surface area (Å²) in [6.45, 7) is 0. The van der Waals surface area contributed by atoms with Crippen LogP contribution in [0.3, 0.4) is 0 Å². The summed E-state index contributed by atoms with van der Waals surface area (Å²) in [6, 6.07) is 20.5. The van der Waals surface area contributed by atoms with E-state index in [4.69, 9.17) is 4.74 Å². The largest absolute Gasteiger partial charge is 0.504 e. The molecule has 108 valence electrons. The minimum Gasteiger partial charge on any atom is -0.504 e. The Morgan fingerprint density at radius 2 is 1.64 bits per heavy atom. The highest BCUT2D eigenvalue weighted by atomic mass is 16.5. The van der Waals surface area contributed by atoms with Crippen molar-refractivity contribution in [1.29, 1.82) is 0 Å². The van der Waals surface area contributed by atoms with Crippen molar-refractivity contribution in [2.75, 3.05) is 7.11 Å². The van der Waals surface area contributed by atoms with Gasteiger partial charge in [0, 0.05) is 0 Å². The molecule has 0 amide bonds. The molecule has 0 aliphatic heterocycles. The molecule has 0 unspecified atom stereocenters. The SMILES string of the molecule is COc1cc(-c2cccc3c2Cc2ccccc2-3)ccc1O. The Balaban J connectivity index is 1.89. The molecular formula is C20H16O2. The summed E-state index contributed by atoms with van der Waals surface area (Å²) in [5.41, 5.74) is 7.61. The van der Waals surface area contributed by atoms with Gasteiger partial charge in [0.1, 0.15) is 0 Å². The van der Waals surface area contributed by atoms with Crippen molar-refractivity contribution < 1.29 is 9.84 Å². The minimum atomic E-state index is 0.169. The Morgan fingerprint density at radius 1 is 0.864 bits per heavy atom. The molecule has 0 fully saturated rings. The average Bonchev–Trinajstić information content (AvgIpc) is 2.94. The average molecular weight is 288 g/mol. The molecule has 0 bridgehead atoms. The number of phenols is 1. The van der Waals surface area contributed by atoms with E-state index in [1.54, 1.807) is 13.2 Å². The van der Waals surface area contributed by atoms with Crippen LogP contribution in [0, 0.1) is 0 Å². The molecule has 1 N–H and O–H groups in total. The fourth-order valence-electron chi connectivity index (χ4n) is 3.27. The summed E-state index contributed by atoms with van der Waals surface area (Å²) in [6.07, 6.45) is 0.949. The van der Waals surface area contributed by atoms with Crippen molar-refractivity contribution in [3.05, 3.63) is 71.8 Å². The molecular weight excluding hydrogens is 272 g/mol. The number of fused-ring (bicyclic) bond motifs is 3. The zero-order valence-electron chi connectivity index (χ0n) is 12.3. The third-order valence-corrected chi connectivity index (χ3v) is 4.34. The zero-order valence-corrected chi connectivity index (χ0v) is 12.3. The lowest BCUT2D eigenvalue weighted by Gasteiger charge is -2.11. The van der Waals surface area contributed by atoms with Crippen molar-refractivity contribution in [3.8, 4) is 33.8 Å². The topological polar surface area (TPSA) is 29.5 Å². The smallest absolute Gasteiger partial charge is 0.161 e. The van der Waals surface area contributed by atoms with E-state index in [1.807, 2.05) is 12.1 Å². The lowest BCUT2D eigenvalue weighted by molar-refractivity contribution is 0.373. The number of benzene rings is 3. The van der Waals surface area contributed by atoms with Gasteiger partial charge in [-0.2, -0.15) is 0 Å². The summed E-state index contributed by atoms with van der Waals surface area (Å²) in [4.78, 5) is 0. The Morgan fingerprint density at radius 3 is 2.50 bits per heavy atom. The third-order valence-electron chi connectivity index (χ3n) is 4.34. The standard InChI is InChI=1S/C20H16O2/c1-22-20-12-14(9-10-19(20)21)16-7-4-8-17-15-6-3-2-5-13(15)11-18(16)17/h2-10,12,21H,11H2,1H3. The first-order valence-electron chi connectivity index (χ1n) is 7.35. The number of ether oxygens (including phenoxy) is 1. The highest BCUT2D eigenvalue weighted by Gasteiger charge is 2.21. The van der Waals surface area contributed by atoms with Gasteiger partial charge < -0.3 is 9.84 Å². The number of methoxy groups -OCH3 is 1. The molecule has 1 aliphatic rings. The highest BCUT2D eigenvalue weighted by molar-refractivity contribution is 5.85. The van der Waals surface area contributed by atoms with Gasteiger partial charge in [0.25, 0.3) is 0 Å². The van der Waals surface area contributed by atoms with Crippen molar-refractivity contribution in [2.45, 2.75) is 6.42 Å². The van der Waals surface area contributed by atoms with Crippen LogP contribution in [0.4, 0.5) is 0 Å². The van der Waals surface area contributed by atoms with Crippen molar-refractivity contribution in [2.24, 2.45) is 0 Å². The second-order valence-corrected chi connectivity index (χ2v) is 5.55. The van der Waals surface area contributed by atoms with Crippen LogP contribution in [0.2, 0.25) is 0 Å². The van der Waals surface area contributed by atoms with Gasteiger partial charge in [-0.05, 0) is 51.9 Å². The molecule has 0 aromatic heterocycles. The monoisotopic (exact) mass is 288 g/mol. The minimum absolute atomic E-state index is 0.169. The normalized spacial score (nSPS) is 11.9. The summed E-state index contributed by atoms with van der Waals surface area (Å²) in [5.74, 6) is 0.674. The maximum Gasteiger partial charge on any atom is 0.161 e. The lowest BCUT2D eigenvalue weighted by Crippen LogP contribution is -1.90. The molecule has 0 atom stereocenters. The highest BCUT2D eigenvalue weighted by Crippen LogP contribution is 2.42. The first kappa shape index (κ1) is 13.0. The molecule has 0 heterocycles. The molecule has 1 aliphatic carbocycles. The number of rotatable bonds is 2. The molecule has 22 heavy (non-hydrogen) atoms. The fraction of sp³-hybridized carbons (Fsp3) is 0.100. The van der Waals surface area contributed by atoms with Crippen molar-refractivity contribution >= 4 is 0 Å². The quantitative estimate of drug-likeness (QED) is 0.582. The fourth-order valence-corrected chi connectivity index (χ4v) is 3.27. The number of aromatic hydroxyl groups is 1. The van der Waals surface area contributed by atoms with Gasteiger partial charge in [-0.25, -0.2) is 0 Å². The van der Waals surface area contributed by atoms with Crippen LogP contribution in [0.15, 0.2) is 60.7 Å². The molecule has 3 aromatic carbocycles. The van der Waals surface area contributed by atoms with Gasteiger partial charge in [-0.3, -0.25) is 0 Å². The Bertz CT molecular complexity index is 865. The first-order chi connectivity index (χ1) is 10.8. The van der Waals surface area contributed by atoms with E-state index < -0.39 is 0 Å². The van der Waals surface area contributed by atoms with Crippen LogP contribution in [0.5, 0.6) is 11.5 Å². The first-order valence-corrected chi connectivity index (χ1v) is 7.35. The zero-order chi connectivity index (χ0) is 15.1. The number of hydrogen-bond acceptors (Lipinski definition) is 2. The Kier molecular flexibility index (Phi) is 2.90. The second-order valence-electron chi connectivity index (χ2n) is 5.55. The van der Waals surface area contributed by atoms with Crippen LogP contribution in [0.25, 0.3) is 22.3 Å². The molecule has 2 heteroatoms. The maximum absolute atomic E-state index is 9.79. The molecule has 4 rings (SSSR count). The van der Waals surface area contributed by atoms with E-state index in [2.05, 4.69) is 42.5 Å². The van der Waals surface area contributed by atoms with Gasteiger partial charge in [-0.1, -0.05) is 48.5 Å². The lowest BCUT2D eigenvalue weighted by atomic mass is 9.95. The van der Waals surface area contributed by atoms with Crippen LogP contribution in [-0.2, 0) is 6.42 Å². The van der Waals surface area contributed by atoms with E-state index in [9.17, 15) is 5.11 Å². The Hall–Kier alpha value is -2.74. The summed E-state index contributed by atoms with van der Waals surface area (Å²) in [7, 11) is 1.57. The molecule has 0 saturated carbocycles. The number of hydrogen-bond donors (Lipinski definition) is 1. The maximum atomic E-state index is 9.79. The molecule has 3 aromatic rings. The van der Waals surface area contributed by atoms with Crippen LogP contribution < -0.4 is 4.74 Å². The van der Waals surface area contributed by atoms with Gasteiger partial charge in [-0.15, -0.1) is 0 Å². The van der Waals surface area contributed by atoms with Gasteiger partial charge in [0.05, 0.1) is 7.11 Å². The second kappa shape index (κ2) is 4.92. The summed E-state index contributed by atoms with van der Waals surface area (Å²) < 4.78 is 5.24. The van der Waals surface area contributed by atoms with E-state index >= 15 is 0 Å². The van der Waals surface area contributed by atoms with Crippen molar-refractivity contribution in [1.82, 2.24) is 0 Å². The van der Waals surface area contributed by atoms with E-state index in [0.717, 1.165) is 12.0 Å².